The summed E-state index contributed by atoms with van der Waals surface area (Å²) in [6.07, 6.45) is 1.08. The summed E-state index contributed by atoms with van der Waals surface area (Å²) in [5, 5.41) is 0. The Kier molecular flexibility index (Phi) is 12.9. The van der Waals surface area contributed by atoms with E-state index in [0.717, 1.165) is 0 Å². The summed E-state index contributed by atoms with van der Waals surface area (Å²) in [5.41, 5.74) is 0.678. The summed E-state index contributed by atoms with van der Waals surface area (Å²) in [4.78, 5) is 24.4. The standard InChI is InChI=1S/C20H34O10Si2/c1-23-31(24-2,25-3)15-7-13-29-19(21)17-9-11-18(12-10-17)20(22)30-14-8-16-32(26-4,27-5)28-6/h9-12H,7-8,13-16H2,1-6H3. The van der Waals surface area contributed by atoms with Gasteiger partial charge in [-0.2, -0.15) is 0 Å². The van der Waals surface area contributed by atoms with Crippen molar-refractivity contribution >= 4 is 29.5 Å². The van der Waals surface area contributed by atoms with Crippen LogP contribution in [0.2, 0.25) is 12.1 Å². The maximum atomic E-state index is 12.2. The SMILES string of the molecule is CO[Si](CCCOC(=O)c1ccc(C(=O)OCCC[Si](OC)(OC)OC)cc1)(OC)OC. The summed E-state index contributed by atoms with van der Waals surface area (Å²) in [7, 11) is 3.84. The zero-order chi connectivity index (χ0) is 24.0. The molecule has 0 saturated heterocycles. The van der Waals surface area contributed by atoms with Gasteiger partial charge >= 0.3 is 29.5 Å². The van der Waals surface area contributed by atoms with E-state index in [0.29, 0.717) is 36.1 Å². The summed E-state index contributed by atoms with van der Waals surface area (Å²) in [5.74, 6) is -0.964. The quantitative estimate of drug-likeness (QED) is 0.195. The molecule has 0 atom stereocenters. The zero-order valence-electron chi connectivity index (χ0n) is 19.6. The van der Waals surface area contributed by atoms with E-state index in [4.69, 9.17) is 36.0 Å². The van der Waals surface area contributed by atoms with Crippen LogP contribution in [0.5, 0.6) is 0 Å². The van der Waals surface area contributed by atoms with Crippen LogP contribution in [-0.2, 0) is 36.0 Å². The van der Waals surface area contributed by atoms with Gasteiger partial charge in [0, 0.05) is 54.7 Å². The lowest BCUT2D eigenvalue weighted by molar-refractivity contribution is 0.0480. The van der Waals surface area contributed by atoms with Gasteiger partial charge in [-0.3, -0.25) is 0 Å². The molecule has 0 bridgehead atoms. The van der Waals surface area contributed by atoms with Gasteiger partial charge in [0.1, 0.15) is 0 Å². The fourth-order valence-electron chi connectivity index (χ4n) is 2.93. The molecule has 1 aromatic carbocycles. The minimum absolute atomic E-state index is 0.197. The van der Waals surface area contributed by atoms with Crippen molar-refractivity contribution in [3.63, 3.8) is 0 Å². The molecule has 12 heteroatoms. The molecule has 32 heavy (non-hydrogen) atoms. The Morgan fingerprint density at radius 1 is 0.594 bits per heavy atom. The van der Waals surface area contributed by atoms with Gasteiger partial charge in [0.25, 0.3) is 0 Å². The third-order valence-corrected chi connectivity index (χ3v) is 10.6. The molecule has 0 amide bonds. The number of esters is 2. The smallest absolute Gasteiger partial charge is 0.462 e. The molecule has 0 saturated carbocycles. The van der Waals surface area contributed by atoms with E-state index < -0.39 is 29.5 Å². The van der Waals surface area contributed by atoms with Gasteiger partial charge in [0.2, 0.25) is 0 Å². The lowest BCUT2D eigenvalue weighted by Gasteiger charge is -2.24. The van der Waals surface area contributed by atoms with E-state index in [1.54, 1.807) is 0 Å². The Labute approximate surface area is 191 Å². The Balaban J connectivity index is 2.44. The summed E-state index contributed by atoms with van der Waals surface area (Å²) in [6, 6.07) is 7.15. The molecule has 0 N–H and O–H groups in total. The van der Waals surface area contributed by atoms with Gasteiger partial charge in [0.15, 0.2) is 0 Å². The monoisotopic (exact) mass is 490 g/mol. The number of benzene rings is 1. The first-order valence-corrected chi connectivity index (χ1v) is 14.0. The number of rotatable bonds is 16. The van der Waals surface area contributed by atoms with Gasteiger partial charge in [-0.15, -0.1) is 0 Å². The van der Waals surface area contributed by atoms with Crippen molar-refractivity contribution in [2.24, 2.45) is 0 Å². The van der Waals surface area contributed by atoms with Crippen molar-refractivity contribution in [2.45, 2.75) is 24.9 Å². The first-order valence-electron chi connectivity index (χ1n) is 10.1. The summed E-state index contributed by atoms with van der Waals surface area (Å²) < 4.78 is 42.5. The Morgan fingerprint density at radius 3 is 1.12 bits per heavy atom. The first kappa shape index (κ1) is 28.4. The predicted octanol–water partition coefficient (Wildman–Crippen LogP) is 2.54. The second-order valence-electron chi connectivity index (χ2n) is 6.65. The highest BCUT2D eigenvalue weighted by Crippen LogP contribution is 2.17. The third kappa shape index (κ3) is 8.37. The van der Waals surface area contributed by atoms with Gasteiger partial charge in [-0.25, -0.2) is 9.59 Å². The van der Waals surface area contributed by atoms with Crippen molar-refractivity contribution in [3.8, 4) is 0 Å². The molecule has 0 aliphatic heterocycles. The molecule has 0 aliphatic carbocycles. The number of carbonyl (C=O) groups excluding carboxylic acids is 2. The van der Waals surface area contributed by atoms with Crippen molar-refractivity contribution in [2.75, 3.05) is 55.9 Å². The van der Waals surface area contributed by atoms with E-state index in [1.807, 2.05) is 0 Å². The minimum Gasteiger partial charge on any atom is -0.462 e. The molecule has 0 aliphatic rings. The van der Waals surface area contributed by atoms with Gasteiger partial charge in [-0.1, -0.05) is 0 Å². The maximum absolute atomic E-state index is 12.2. The van der Waals surface area contributed by atoms with Crippen molar-refractivity contribution in [1.82, 2.24) is 0 Å². The molecule has 0 fully saturated rings. The highest BCUT2D eigenvalue weighted by molar-refractivity contribution is 6.60. The molecule has 1 rings (SSSR count). The molecular formula is C20H34O10Si2. The highest BCUT2D eigenvalue weighted by Gasteiger charge is 2.37. The normalized spacial score (nSPS) is 11.9. The van der Waals surface area contributed by atoms with E-state index in [9.17, 15) is 9.59 Å². The van der Waals surface area contributed by atoms with Gasteiger partial charge < -0.3 is 36.0 Å². The Hall–Kier alpha value is -1.65. The van der Waals surface area contributed by atoms with E-state index in [-0.39, 0.29) is 13.2 Å². The molecule has 0 radical (unpaired) electrons. The van der Waals surface area contributed by atoms with Gasteiger partial charge in [0.05, 0.1) is 24.3 Å². The van der Waals surface area contributed by atoms with Crippen LogP contribution in [0.4, 0.5) is 0 Å². The maximum Gasteiger partial charge on any atom is 0.500 e. The number of carbonyl (C=O) groups is 2. The number of hydrogen-bond donors (Lipinski definition) is 0. The van der Waals surface area contributed by atoms with Gasteiger partial charge in [-0.05, 0) is 37.1 Å². The molecule has 0 unspecified atom stereocenters. The predicted molar refractivity (Wildman–Crippen MR) is 119 cm³/mol. The minimum atomic E-state index is -2.68. The molecule has 0 heterocycles. The van der Waals surface area contributed by atoms with Crippen molar-refractivity contribution < 1.29 is 45.6 Å². The van der Waals surface area contributed by atoms with E-state index >= 15 is 0 Å². The lowest BCUT2D eigenvalue weighted by atomic mass is 10.1. The molecule has 0 aromatic heterocycles. The third-order valence-electron chi connectivity index (χ3n) is 4.94. The van der Waals surface area contributed by atoms with Crippen LogP contribution in [0.3, 0.4) is 0 Å². The fourth-order valence-corrected chi connectivity index (χ4v) is 6.31. The van der Waals surface area contributed by atoms with Crippen molar-refractivity contribution in [1.29, 1.82) is 0 Å². The van der Waals surface area contributed by atoms with E-state index in [2.05, 4.69) is 0 Å². The molecule has 0 spiro atoms. The summed E-state index contributed by atoms with van der Waals surface area (Å²) in [6.45, 7) is 0.394. The second kappa shape index (κ2) is 14.5. The van der Waals surface area contributed by atoms with Crippen LogP contribution < -0.4 is 0 Å². The van der Waals surface area contributed by atoms with Crippen LogP contribution >= 0.6 is 0 Å². The molecule has 1 aromatic rings. The molecule has 10 nitrogen and oxygen atoms in total. The molecular weight excluding hydrogens is 456 g/mol. The number of hydrogen-bond acceptors (Lipinski definition) is 10. The molecule has 182 valence electrons. The van der Waals surface area contributed by atoms with Crippen LogP contribution in [0, 0.1) is 0 Å². The Morgan fingerprint density at radius 2 is 0.875 bits per heavy atom. The zero-order valence-corrected chi connectivity index (χ0v) is 21.6. The Bertz CT molecular complexity index is 615. The van der Waals surface area contributed by atoms with Crippen LogP contribution in [-0.4, -0.2) is 85.4 Å². The highest BCUT2D eigenvalue weighted by atomic mass is 28.4. The lowest BCUT2D eigenvalue weighted by Crippen LogP contribution is -2.42. The van der Waals surface area contributed by atoms with Crippen molar-refractivity contribution in [3.05, 3.63) is 35.4 Å². The van der Waals surface area contributed by atoms with Crippen LogP contribution in [0.25, 0.3) is 0 Å². The fraction of sp³-hybridized carbons (Fsp3) is 0.600. The average Bonchev–Trinajstić information content (AvgIpc) is 2.85. The average molecular weight is 491 g/mol. The first-order chi connectivity index (χ1) is 15.3. The van der Waals surface area contributed by atoms with Crippen LogP contribution in [0.15, 0.2) is 24.3 Å². The van der Waals surface area contributed by atoms with Crippen LogP contribution in [0.1, 0.15) is 33.6 Å². The topological polar surface area (TPSA) is 108 Å². The largest absolute Gasteiger partial charge is 0.500 e. The summed E-state index contributed by atoms with van der Waals surface area (Å²) >= 11 is 0. The van der Waals surface area contributed by atoms with E-state index in [1.165, 1.54) is 66.9 Å². The second-order valence-corrected chi connectivity index (χ2v) is 12.8. The number of ether oxygens (including phenoxy) is 2.